The third-order valence-corrected chi connectivity index (χ3v) is 9.71. The van der Waals surface area contributed by atoms with Crippen LogP contribution in [0.15, 0.2) is 42.9 Å². The van der Waals surface area contributed by atoms with Crippen molar-refractivity contribution < 1.29 is 13.2 Å². The lowest BCUT2D eigenvalue weighted by atomic mass is 9.79. The summed E-state index contributed by atoms with van der Waals surface area (Å²) in [6.45, 7) is 3.03. The van der Waals surface area contributed by atoms with Gasteiger partial charge in [0.25, 0.3) is 0 Å². The second-order valence-electron chi connectivity index (χ2n) is 9.96. The predicted octanol–water partition coefficient (Wildman–Crippen LogP) is 4.96. The summed E-state index contributed by atoms with van der Waals surface area (Å²) < 4.78 is 30.1. The number of hydrogen-bond donors (Lipinski definition) is 1. The molecule has 4 aromatic rings. The highest BCUT2D eigenvalue weighted by molar-refractivity contribution is 7.91. The van der Waals surface area contributed by atoms with Crippen LogP contribution in [0.1, 0.15) is 30.6 Å². The zero-order chi connectivity index (χ0) is 26.7. The van der Waals surface area contributed by atoms with Crippen molar-refractivity contribution in [3.05, 3.63) is 64.0 Å². The third kappa shape index (κ3) is 4.34. The minimum absolute atomic E-state index is 0.207. The highest BCUT2D eigenvalue weighted by Gasteiger charge is 2.51. The normalized spacial score (nSPS) is 18.3. The zero-order valence-electron chi connectivity index (χ0n) is 20.3. The van der Waals surface area contributed by atoms with Gasteiger partial charge in [-0.1, -0.05) is 23.2 Å². The first-order chi connectivity index (χ1) is 18.2. The lowest BCUT2D eigenvalue weighted by Crippen LogP contribution is -2.57. The maximum absolute atomic E-state index is 12.0. The molecule has 0 radical (unpaired) electrons. The summed E-state index contributed by atoms with van der Waals surface area (Å²) in [5.74, 6) is 1.60. The summed E-state index contributed by atoms with van der Waals surface area (Å²) in [7, 11) is -2.97. The number of nitrogens with one attached hydrogen (secondary N) is 1. The van der Waals surface area contributed by atoms with Crippen molar-refractivity contribution >= 4 is 49.8 Å². The van der Waals surface area contributed by atoms with E-state index in [2.05, 4.69) is 26.2 Å². The molecule has 1 atom stereocenters. The summed E-state index contributed by atoms with van der Waals surface area (Å²) in [5.41, 5.74) is 2.96. The van der Waals surface area contributed by atoms with E-state index in [1.54, 1.807) is 12.3 Å². The molecule has 9 nitrogen and oxygen atoms in total. The number of aromatic amines is 1. The van der Waals surface area contributed by atoms with Gasteiger partial charge in [-0.3, -0.25) is 10.1 Å². The van der Waals surface area contributed by atoms with Crippen molar-refractivity contribution in [2.75, 3.05) is 29.5 Å². The van der Waals surface area contributed by atoms with Gasteiger partial charge in [0, 0.05) is 53.6 Å². The van der Waals surface area contributed by atoms with Crippen molar-refractivity contribution in [3.63, 3.8) is 0 Å². The quantitative estimate of drug-likeness (QED) is 0.358. The molecule has 2 saturated heterocycles. The summed E-state index contributed by atoms with van der Waals surface area (Å²) >= 11 is 12.6. The Morgan fingerprint density at radius 3 is 2.63 bits per heavy atom. The number of sulfone groups is 1. The predicted molar refractivity (Wildman–Crippen MR) is 145 cm³/mol. The fourth-order valence-electron chi connectivity index (χ4n) is 5.43. The first-order valence-electron chi connectivity index (χ1n) is 12.0. The molecule has 0 amide bonds. The van der Waals surface area contributed by atoms with Gasteiger partial charge in [0.2, 0.25) is 0 Å². The van der Waals surface area contributed by atoms with Crippen LogP contribution in [-0.2, 0) is 9.84 Å². The molecule has 3 aromatic heterocycles. The van der Waals surface area contributed by atoms with Crippen LogP contribution < -0.4 is 9.64 Å². The number of nitriles is 1. The number of aromatic nitrogens is 4. The molecular weight excluding hydrogens is 547 g/mol. The molecule has 1 N–H and O–H groups in total. The highest BCUT2D eigenvalue weighted by Crippen LogP contribution is 2.43. The molecule has 12 heteroatoms. The summed E-state index contributed by atoms with van der Waals surface area (Å²) in [6, 6.07) is 9.57. The molecule has 1 spiro atoms. The number of rotatable bonds is 5. The van der Waals surface area contributed by atoms with Crippen LogP contribution in [0.5, 0.6) is 5.75 Å². The Bertz CT molecular complexity index is 1710. The fraction of sp³-hybridized carbons (Fsp3) is 0.308. The average molecular weight is 569 g/mol. The Morgan fingerprint density at radius 2 is 1.95 bits per heavy atom. The molecule has 2 fully saturated rings. The monoisotopic (exact) mass is 568 g/mol. The van der Waals surface area contributed by atoms with Gasteiger partial charge < -0.3 is 9.64 Å². The van der Waals surface area contributed by atoms with Crippen LogP contribution in [0.3, 0.4) is 0 Å². The molecule has 6 rings (SSSR count). The minimum Gasteiger partial charge on any atom is -0.486 e. The van der Waals surface area contributed by atoms with Crippen molar-refractivity contribution in [1.82, 2.24) is 20.2 Å². The number of anilines is 1. The first kappa shape index (κ1) is 24.9. The molecule has 2 aliphatic rings. The minimum atomic E-state index is -2.97. The molecule has 0 bridgehead atoms. The number of hydrogen-bond acceptors (Lipinski definition) is 8. The second-order valence-corrected chi connectivity index (χ2v) is 13.0. The van der Waals surface area contributed by atoms with E-state index >= 15 is 0 Å². The lowest BCUT2D eigenvalue weighted by molar-refractivity contribution is 0.227. The molecule has 2 aliphatic heterocycles. The molecular formula is C26H22Cl2N6O3S. The van der Waals surface area contributed by atoms with Gasteiger partial charge in [0.15, 0.2) is 9.84 Å². The summed E-state index contributed by atoms with van der Waals surface area (Å²) in [4.78, 5) is 10.6. The number of ether oxygens (including phenoxy) is 1. The van der Waals surface area contributed by atoms with Gasteiger partial charge in [0.1, 0.15) is 29.4 Å². The fourth-order valence-corrected chi connectivity index (χ4v) is 8.25. The van der Waals surface area contributed by atoms with Gasteiger partial charge >= 0.3 is 0 Å². The molecule has 38 heavy (non-hydrogen) atoms. The Kier molecular flexibility index (Phi) is 5.98. The lowest BCUT2D eigenvalue weighted by Gasteiger charge is -2.48. The van der Waals surface area contributed by atoms with Crippen molar-refractivity contribution in [1.29, 1.82) is 5.26 Å². The average Bonchev–Trinajstić information content (AvgIpc) is 3.43. The maximum atomic E-state index is 12.0. The number of benzene rings is 1. The Labute approximate surface area is 229 Å². The first-order valence-corrected chi connectivity index (χ1v) is 14.5. The topological polar surface area (TPSA) is 125 Å². The van der Waals surface area contributed by atoms with Gasteiger partial charge in [0.05, 0.1) is 32.6 Å². The smallest absolute Gasteiger partial charge is 0.151 e. The SMILES string of the molecule is CC(Oc1ccc2[nH]nc(-c3cnc(N4CC5(CCS(=O)(=O)C5)C4)c(C#N)c3)c2c1)c1c(Cl)cncc1Cl. The van der Waals surface area contributed by atoms with E-state index in [9.17, 15) is 13.7 Å². The standard InChI is InChI=1S/C26H22Cl2N6O3S/c1-15(23-20(27)10-30-11-21(23)28)37-18-2-3-22-19(7-18)24(33-32-22)17-6-16(8-29)25(31-9-17)34-12-26(13-34)4-5-38(35,36)14-26/h2-3,6-7,9-11,15H,4-5,12-14H2,1H3,(H,32,33). The van der Waals surface area contributed by atoms with Gasteiger partial charge in [-0.2, -0.15) is 10.4 Å². The van der Waals surface area contributed by atoms with Gasteiger partial charge in [-0.05, 0) is 37.6 Å². The number of pyridine rings is 2. The van der Waals surface area contributed by atoms with E-state index in [4.69, 9.17) is 27.9 Å². The van der Waals surface area contributed by atoms with E-state index in [-0.39, 0.29) is 16.9 Å². The second kappa shape index (κ2) is 9.12. The van der Waals surface area contributed by atoms with E-state index < -0.39 is 15.9 Å². The molecule has 194 valence electrons. The van der Waals surface area contributed by atoms with Gasteiger partial charge in [-0.15, -0.1) is 0 Å². The number of nitrogens with zero attached hydrogens (tertiary/aromatic N) is 5. The van der Waals surface area contributed by atoms with Crippen LogP contribution in [-0.4, -0.2) is 53.2 Å². The van der Waals surface area contributed by atoms with Crippen LogP contribution >= 0.6 is 23.2 Å². The largest absolute Gasteiger partial charge is 0.486 e. The Hall–Kier alpha value is -3.39. The van der Waals surface area contributed by atoms with Crippen LogP contribution in [0, 0.1) is 16.7 Å². The van der Waals surface area contributed by atoms with Gasteiger partial charge in [-0.25, -0.2) is 13.4 Å². The Balaban J connectivity index is 1.27. The van der Waals surface area contributed by atoms with Crippen molar-refractivity contribution in [3.8, 4) is 23.1 Å². The summed E-state index contributed by atoms with van der Waals surface area (Å²) in [6.07, 6.45) is 4.98. The maximum Gasteiger partial charge on any atom is 0.151 e. The van der Waals surface area contributed by atoms with Crippen molar-refractivity contribution in [2.45, 2.75) is 19.4 Å². The Morgan fingerprint density at radius 1 is 1.18 bits per heavy atom. The van der Waals surface area contributed by atoms with Crippen LogP contribution in [0.4, 0.5) is 5.82 Å². The number of halogens is 2. The molecule has 5 heterocycles. The molecule has 0 saturated carbocycles. The van der Waals surface area contributed by atoms with Crippen molar-refractivity contribution in [2.24, 2.45) is 5.41 Å². The summed E-state index contributed by atoms with van der Waals surface area (Å²) in [5, 5.41) is 19.0. The van der Waals surface area contributed by atoms with Crippen LogP contribution in [0.25, 0.3) is 22.2 Å². The molecule has 1 aromatic carbocycles. The van der Waals surface area contributed by atoms with E-state index in [0.29, 0.717) is 63.5 Å². The van der Waals surface area contributed by atoms with Crippen LogP contribution in [0.2, 0.25) is 10.0 Å². The number of fused-ring (bicyclic) bond motifs is 1. The molecule has 0 aliphatic carbocycles. The number of H-pyrrole nitrogens is 1. The van der Waals surface area contributed by atoms with E-state index in [1.165, 1.54) is 12.4 Å². The molecule has 1 unspecified atom stereocenters. The third-order valence-electron chi connectivity index (χ3n) is 7.23. The highest BCUT2D eigenvalue weighted by atomic mass is 35.5. The zero-order valence-corrected chi connectivity index (χ0v) is 22.6. The van der Waals surface area contributed by atoms with E-state index in [0.717, 1.165) is 10.9 Å². The van der Waals surface area contributed by atoms with E-state index in [1.807, 2.05) is 30.0 Å².